The molecule has 0 bridgehead atoms. The van der Waals surface area contributed by atoms with Gasteiger partial charge in [0.1, 0.15) is 32.6 Å². The van der Waals surface area contributed by atoms with Crippen molar-refractivity contribution in [3.63, 3.8) is 0 Å². The molecule has 2 aliphatic rings. The van der Waals surface area contributed by atoms with Crippen LogP contribution in [0, 0.1) is 0 Å². The fourth-order valence-electron chi connectivity index (χ4n) is 4.37. The van der Waals surface area contributed by atoms with E-state index >= 15 is 0 Å². The Morgan fingerprint density at radius 1 is 0.971 bits per heavy atom. The van der Waals surface area contributed by atoms with Crippen LogP contribution in [0.2, 0.25) is 10.3 Å². The number of nitrogens with one attached hydrogen (secondary N) is 1. The zero-order chi connectivity index (χ0) is 23.9. The fourth-order valence-corrected chi connectivity index (χ4v) is 7.33. The highest BCUT2D eigenvalue weighted by molar-refractivity contribution is 7.19. The Morgan fingerprint density at radius 2 is 1.66 bits per heavy atom. The van der Waals surface area contributed by atoms with Gasteiger partial charge in [-0.05, 0) is 30.5 Å². The molecule has 0 spiro atoms. The van der Waals surface area contributed by atoms with Crippen molar-refractivity contribution in [2.45, 2.75) is 25.9 Å². The van der Waals surface area contributed by atoms with Crippen LogP contribution in [-0.2, 0) is 25.9 Å². The zero-order valence-electron chi connectivity index (χ0n) is 18.1. The Bertz CT molecular complexity index is 1550. The summed E-state index contributed by atoms with van der Waals surface area (Å²) in [4.78, 5) is 35.0. The molecule has 0 aromatic carbocycles. The van der Waals surface area contributed by atoms with Gasteiger partial charge >= 0.3 is 0 Å². The Hall–Kier alpha value is -2.70. The first-order chi connectivity index (χ1) is 17.1. The molecule has 0 atom stereocenters. The Morgan fingerprint density at radius 3 is 2.34 bits per heavy atom. The van der Waals surface area contributed by atoms with Crippen LogP contribution in [0.25, 0.3) is 20.4 Å². The summed E-state index contributed by atoms with van der Waals surface area (Å²) >= 11 is 15.5. The van der Waals surface area contributed by atoms with E-state index in [9.17, 15) is 4.79 Å². The van der Waals surface area contributed by atoms with E-state index in [1.807, 2.05) is 0 Å². The smallest absolute Gasteiger partial charge is 0.292 e. The summed E-state index contributed by atoms with van der Waals surface area (Å²) in [6.07, 6.45) is 6.23. The molecule has 1 amide bonds. The lowest BCUT2D eigenvalue weighted by Gasteiger charge is -2.25. The summed E-state index contributed by atoms with van der Waals surface area (Å²) in [6, 6.07) is 1.57. The molecule has 178 valence electrons. The highest BCUT2D eigenvalue weighted by Crippen LogP contribution is 2.37. The van der Waals surface area contributed by atoms with E-state index in [-0.39, 0.29) is 11.7 Å². The molecule has 0 fully saturated rings. The number of hydrogen-bond acceptors (Lipinski definition) is 10. The van der Waals surface area contributed by atoms with Crippen molar-refractivity contribution in [2.24, 2.45) is 0 Å². The first-order valence-corrected chi connectivity index (χ1v) is 13.2. The summed E-state index contributed by atoms with van der Waals surface area (Å²) in [5.74, 6) is 0.116. The topological polar surface area (TPSA) is 110 Å². The first-order valence-electron chi connectivity index (χ1n) is 10.8. The third-order valence-corrected chi connectivity index (χ3v) is 8.83. The maximum Gasteiger partial charge on any atom is 0.292 e. The second-order valence-corrected chi connectivity index (χ2v) is 10.9. The largest absolute Gasteiger partial charge is 0.351 e. The highest BCUT2D eigenvalue weighted by atomic mass is 35.5. The molecular weight excluding hydrogens is 529 g/mol. The summed E-state index contributed by atoms with van der Waals surface area (Å²) in [5, 5.41) is 9.97. The minimum Gasteiger partial charge on any atom is -0.351 e. The van der Waals surface area contributed by atoms with Crippen LogP contribution in [-0.4, -0.2) is 49.0 Å². The van der Waals surface area contributed by atoms with Gasteiger partial charge < -0.3 is 14.7 Å². The van der Waals surface area contributed by atoms with Crippen molar-refractivity contribution < 1.29 is 9.32 Å². The molecule has 0 radical (unpaired) electrons. The molecule has 0 saturated heterocycles. The second-order valence-electron chi connectivity index (χ2n) is 7.98. The van der Waals surface area contributed by atoms with Crippen LogP contribution >= 0.6 is 45.9 Å². The van der Waals surface area contributed by atoms with Gasteiger partial charge in [0.15, 0.2) is 0 Å². The monoisotopic (exact) mass is 545 g/mol. The number of nitrogens with zero attached hydrogens (tertiary/aromatic N) is 6. The lowest BCUT2D eigenvalue weighted by atomic mass is 10.1. The Labute approximate surface area is 217 Å². The van der Waals surface area contributed by atoms with Gasteiger partial charge in [-0.1, -0.05) is 28.4 Å². The Kier molecular flexibility index (Phi) is 6.11. The van der Waals surface area contributed by atoms with Gasteiger partial charge in [0, 0.05) is 28.9 Å². The molecule has 5 aromatic rings. The zero-order valence-corrected chi connectivity index (χ0v) is 21.3. The lowest BCUT2D eigenvalue weighted by Crippen LogP contribution is -2.35. The van der Waals surface area contributed by atoms with Crippen molar-refractivity contribution in [1.29, 1.82) is 0 Å². The Balaban J connectivity index is 0.000000141. The van der Waals surface area contributed by atoms with Crippen molar-refractivity contribution in [1.82, 2.24) is 35.3 Å². The normalized spacial score (nSPS) is 15.0. The number of rotatable bonds is 1. The van der Waals surface area contributed by atoms with Gasteiger partial charge in [-0.25, -0.2) is 19.9 Å². The molecule has 9 nitrogen and oxygen atoms in total. The van der Waals surface area contributed by atoms with Crippen molar-refractivity contribution in [2.75, 3.05) is 13.1 Å². The van der Waals surface area contributed by atoms with Crippen LogP contribution < -0.4 is 5.32 Å². The van der Waals surface area contributed by atoms with Crippen LogP contribution in [0.5, 0.6) is 0 Å². The summed E-state index contributed by atoms with van der Waals surface area (Å²) < 4.78 is 4.93. The number of halogens is 2. The van der Waals surface area contributed by atoms with E-state index in [0.29, 0.717) is 23.4 Å². The number of fused-ring (bicyclic) bond motifs is 6. The predicted octanol–water partition coefficient (Wildman–Crippen LogP) is 4.52. The van der Waals surface area contributed by atoms with E-state index in [0.717, 1.165) is 56.8 Å². The van der Waals surface area contributed by atoms with E-state index in [1.54, 1.807) is 33.6 Å². The third-order valence-electron chi connectivity index (χ3n) is 5.99. The van der Waals surface area contributed by atoms with Crippen LogP contribution in [0.3, 0.4) is 0 Å². The first kappa shape index (κ1) is 22.7. The average molecular weight is 546 g/mol. The minimum absolute atomic E-state index is 0.146. The van der Waals surface area contributed by atoms with Crippen molar-refractivity contribution in [3.8, 4) is 0 Å². The predicted molar refractivity (Wildman–Crippen MR) is 135 cm³/mol. The lowest BCUT2D eigenvalue weighted by molar-refractivity contribution is 0.0695. The molecule has 0 saturated carbocycles. The van der Waals surface area contributed by atoms with Gasteiger partial charge in [-0.15, -0.1) is 22.7 Å². The number of thiophene rings is 2. The van der Waals surface area contributed by atoms with Gasteiger partial charge in [0.2, 0.25) is 5.76 Å². The van der Waals surface area contributed by atoms with E-state index in [1.165, 1.54) is 29.3 Å². The van der Waals surface area contributed by atoms with Gasteiger partial charge in [0.05, 0.1) is 23.5 Å². The second kappa shape index (κ2) is 9.40. The standard InChI is InChI=1S/C13H9ClN4O2S.C9H8ClN3S/c14-11-10-7-2-4-18(13(19)8-1-3-17-20-8)5-9(7)21-12(10)16-6-15-11;10-8-7-5-1-2-11-3-6(5)14-9(7)13-4-12-8/h1,3,6H,2,4-5H2;4,11H,1-3H2. The third kappa shape index (κ3) is 4.17. The van der Waals surface area contributed by atoms with Crippen LogP contribution in [0.4, 0.5) is 0 Å². The number of carbonyl (C=O) groups is 1. The maximum absolute atomic E-state index is 12.3. The minimum atomic E-state index is -0.146. The fraction of sp³-hybridized carbons (Fsp3) is 0.273. The molecule has 1 N–H and O–H groups in total. The van der Waals surface area contributed by atoms with Gasteiger partial charge in [-0.2, -0.15) is 0 Å². The number of carbonyl (C=O) groups excluding carboxylic acids is 1. The van der Waals surface area contributed by atoms with Crippen LogP contribution in [0.15, 0.2) is 29.4 Å². The SMILES string of the molecule is Clc1ncnc2sc3c(c12)CCNC3.O=C(c1ccno1)N1CCc2c(sc3ncnc(Cl)c23)C1. The molecule has 7 rings (SSSR count). The van der Waals surface area contributed by atoms with Gasteiger partial charge in [0.25, 0.3) is 5.91 Å². The van der Waals surface area contributed by atoms with E-state index in [2.05, 4.69) is 30.4 Å². The van der Waals surface area contributed by atoms with Crippen molar-refractivity contribution in [3.05, 3.63) is 61.9 Å². The van der Waals surface area contributed by atoms with Gasteiger partial charge in [-0.3, -0.25) is 4.79 Å². The van der Waals surface area contributed by atoms with Crippen molar-refractivity contribution >= 4 is 72.2 Å². The molecule has 5 aromatic heterocycles. The average Bonchev–Trinajstić information content (AvgIpc) is 3.61. The molecule has 13 heteroatoms. The molecule has 0 aliphatic carbocycles. The molecule has 2 aliphatic heterocycles. The molecular formula is C22H17Cl2N7O2S2. The quantitative estimate of drug-likeness (QED) is 0.306. The summed E-state index contributed by atoms with van der Waals surface area (Å²) in [7, 11) is 0. The number of amides is 1. The maximum atomic E-state index is 12.3. The van der Waals surface area contributed by atoms with E-state index in [4.69, 9.17) is 27.7 Å². The van der Waals surface area contributed by atoms with Crippen LogP contribution in [0.1, 0.15) is 31.4 Å². The van der Waals surface area contributed by atoms with E-state index < -0.39 is 0 Å². The summed E-state index contributed by atoms with van der Waals surface area (Å²) in [5.41, 5.74) is 2.50. The molecule has 35 heavy (non-hydrogen) atoms. The highest BCUT2D eigenvalue weighted by Gasteiger charge is 2.28. The number of hydrogen-bond donors (Lipinski definition) is 1. The summed E-state index contributed by atoms with van der Waals surface area (Å²) in [6.45, 7) is 3.10. The molecule has 0 unspecified atom stereocenters. The molecule has 7 heterocycles. The number of aromatic nitrogens is 5.